The van der Waals surface area contributed by atoms with Gasteiger partial charge in [0.15, 0.2) is 0 Å². The highest BCUT2D eigenvalue weighted by Crippen LogP contribution is 2.28. The summed E-state index contributed by atoms with van der Waals surface area (Å²) in [5.74, 6) is 0.0533. The van der Waals surface area contributed by atoms with Gasteiger partial charge in [-0.25, -0.2) is 4.98 Å². The van der Waals surface area contributed by atoms with Crippen molar-refractivity contribution in [1.29, 1.82) is 0 Å². The van der Waals surface area contributed by atoms with Crippen LogP contribution in [0.3, 0.4) is 0 Å². The van der Waals surface area contributed by atoms with Crippen LogP contribution in [-0.2, 0) is 4.79 Å². The summed E-state index contributed by atoms with van der Waals surface area (Å²) < 4.78 is 0. The second-order valence-electron chi connectivity index (χ2n) is 6.05. The number of rotatable bonds is 4. The van der Waals surface area contributed by atoms with Crippen molar-refractivity contribution in [3.63, 3.8) is 0 Å². The summed E-state index contributed by atoms with van der Waals surface area (Å²) >= 11 is 0. The van der Waals surface area contributed by atoms with Gasteiger partial charge < -0.3 is 5.32 Å². The van der Waals surface area contributed by atoms with Gasteiger partial charge in [0, 0.05) is 35.5 Å². The first-order valence-electron chi connectivity index (χ1n) is 8.20. The van der Waals surface area contributed by atoms with E-state index in [0.29, 0.717) is 6.42 Å². The zero-order valence-electron chi connectivity index (χ0n) is 14.3. The molecule has 3 aromatic rings. The normalized spacial score (nSPS) is 10.8. The number of benzene rings is 1. The van der Waals surface area contributed by atoms with E-state index in [-0.39, 0.29) is 5.91 Å². The van der Waals surface area contributed by atoms with Crippen LogP contribution in [0.4, 0.5) is 5.69 Å². The number of hydrogen-bond acceptors (Lipinski definition) is 3. The topological polar surface area (TPSA) is 54.9 Å². The highest BCUT2D eigenvalue weighted by Gasteiger charge is 2.10. The second kappa shape index (κ2) is 6.79. The number of aromatic nitrogens is 2. The van der Waals surface area contributed by atoms with Gasteiger partial charge in [-0.05, 0) is 61.7 Å². The number of anilines is 1. The molecule has 0 aliphatic heterocycles. The lowest BCUT2D eigenvalue weighted by molar-refractivity contribution is -0.116. The highest BCUT2D eigenvalue weighted by molar-refractivity contribution is 5.96. The minimum atomic E-state index is 0.0533. The molecule has 1 N–H and O–H groups in total. The highest BCUT2D eigenvalue weighted by atomic mass is 16.1. The molecular weight excluding hydrogens is 298 g/mol. The molecule has 0 aliphatic carbocycles. The van der Waals surface area contributed by atoms with Crippen molar-refractivity contribution in [2.24, 2.45) is 0 Å². The summed E-state index contributed by atoms with van der Waals surface area (Å²) in [7, 11) is 0. The minimum absolute atomic E-state index is 0.0533. The van der Waals surface area contributed by atoms with E-state index in [1.54, 1.807) is 6.20 Å². The van der Waals surface area contributed by atoms with Crippen molar-refractivity contribution in [3.05, 3.63) is 53.9 Å². The maximum absolute atomic E-state index is 11.9. The maximum Gasteiger partial charge on any atom is 0.224 e. The van der Waals surface area contributed by atoms with Crippen LogP contribution in [0.15, 0.2) is 42.7 Å². The molecule has 0 fully saturated rings. The zero-order chi connectivity index (χ0) is 17.1. The van der Waals surface area contributed by atoms with E-state index in [1.165, 1.54) is 0 Å². The van der Waals surface area contributed by atoms with Crippen LogP contribution >= 0.6 is 0 Å². The summed E-state index contributed by atoms with van der Waals surface area (Å²) in [4.78, 5) is 20.8. The molecule has 4 heteroatoms. The van der Waals surface area contributed by atoms with Gasteiger partial charge in [-0.1, -0.05) is 6.92 Å². The molecule has 122 valence electrons. The summed E-state index contributed by atoms with van der Waals surface area (Å²) in [6.07, 6.45) is 4.95. The van der Waals surface area contributed by atoms with E-state index in [9.17, 15) is 4.79 Å². The number of nitrogens with zero attached hydrogens (tertiary/aromatic N) is 2. The molecule has 0 bridgehead atoms. The fourth-order valence-electron chi connectivity index (χ4n) is 2.78. The molecular formula is C20H21N3O. The molecule has 4 nitrogen and oxygen atoms in total. The van der Waals surface area contributed by atoms with Gasteiger partial charge >= 0.3 is 0 Å². The Hall–Kier alpha value is -2.75. The molecule has 0 saturated carbocycles. The van der Waals surface area contributed by atoms with Crippen molar-refractivity contribution in [2.45, 2.75) is 33.6 Å². The molecule has 0 aliphatic rings. The van der Waals surface area contributed by atoms with Crippen LogP contribution in [0.5, 0.6) is 0 Å². The third-order valence-electron chi connectivity index (χ3n) is 4.07. The molecule has 24 heavy (non-hydrogen) atoms. The van der Waals surface area contributed by atoms with E-state index in [2.05, 4.69) is 23.3 Å². The lowest BCUT2D eigenvalue weighted by atomic mass is 10.0. The molecule has 0 saturated heterocycles. The number of hydrogen-bond donors (Lipinski definition) is 1. The number of nitrogens with one attached hydrogen (secondary N) is 1. The molecule has 2 heterocycles. The molecule has 0 radical (unpaired) electrons. The zero-order valence-corrected chi connectivity index (χ0v) is 14.3. The van der Waals surface area contributed by atoms with Crippen molar-refractivity contribution in [1.82, 2.24) is 9.97 Å². The number of amides is 1. The van der Waals surface area contributed by atoms with Crippen LogP contribution < -0.4 is 5.32 Å². The lowest BCUT2D eigenvalue weighted by Crippen LogP contribution is -2.11. The Labute approximate surface area is 142 Å². The average Bonchev–Trinajstić information content (AvgIpc) is 2.57. The summed E-state index contributed by atoms with van der Waals surface area (Å²) in [6.45, 7) is 6.06. The standard InChI is InChI=1S/C20H21N3O/c1-4-6-20(24)23-17-11-16-13(2)9-18(15-7-5-8-21-12-15)22-19(16)10-14(17)3/h5,7-12H,4,6H2,1-3H3,(H,23,24). The molecule has 3 rings (SSSR count). The Morgan fingerprint density at radius 3 is 2.71 bits per heavy atom. The van der Waals surface area contributed by atoms with Crippen LogP contribution in [-0.4, -0.2) is 15.9 Å². The predicted octanol–water partition coefficient (Wildman–Crippen LogP) is 4.65. The quantitative estimate of drug-likeness (QED) is 0.761. The van der Waals surface area contributed by atoms with Crippen LogP contribution in [0.2, 0.25) is 0 Å². The van der Waals surface area contributed by atoms with Gasteiger partial charge in [-0.3, -0.25) is 9.78 Å². The fourth-order valence-corrected chi connectivity index (χ4v) is 2.78. The predicted molar refractivity (Wildman–Crippen MR) is 98.0 cm³/mol. The largest absolute Gasteiger partial charge is 0.326 e. The Bertz CT molecular complexity index is 888. The second-order valence-corrected chi connectivity index (χ2v) is 6.05. The van der Waals surface area contributed by atoms with Crippen LogP contribution in [0.25, 0.3) is 22.2 Å². The van der Waals surface area contributed by atoms with E-state index >= 15 is 0 Å². The summed E-state index contributed by atoms with van der Waals surface area (Å²) in [6, 6.07) is 10.0. The number of pyridine rings is 2. The van der Waals surface area contributed by atoms with Gasteiger partial charge in [-0.15, -0.1) is 0 Å². The smallest absolute Gasteiger partial charge is 0.224 e. The van der Waals surface area contributed by atoms with E-state index in [4.69, 9.17) is 4.98 Å². The molecule has 0 spiro atoms. The summed E-state index contributed by atoms with van der Waals surface area (Å²) in [5.41, 5.74) is 5.85. The van der Waals surface area contributed by atoms with Crippen molar-refractivity contribution >= 4 is 22.5 Å². The third-order valence-corrected chi connectivity index (χ3v) is 4.07. The van der Waals surface area contributed by atoms with Gasteiger partial charge in [0.25, 0.3) is 0 Å². The van der Waals surface area contributed by atoms with Crippen molar-refractivity contribution in [3.8, 4) is 11.3 Å². The van der Waals surface area contributed by atoms with Crippen LogP contribution in [0.1, 0.15) is 30.9 Å². The molecule has 0 unspecified atom stereocenters. The van der Waals surface area contributed by atoms with Gasteiger partial charge in [0.1, 0.15) is 0 Å². The summed E-state index contributed by atoms with van der Waals surface area (Å²) in [5, 5.41) is 4.06. The fraction of sp³-hybridized carbons (Fsp3) is 0.250. The maximum atomic E-state index is 11.9. The monoisotopic (exact) mass is 319 g/mol. The number of carbonyl (C=O) groups is 1. The van der Waals surface area contributed by atoms with Crippen molar-refractivity contribution < 1.29 is 4.79 Å². The molecule has 2 aromatic heterocycles. The molecule has 1 amide bonds. The SMILES string of the molecule is CCCC(=O)Nc1cc2c(C)cc(-c3cccnc3)nc2cc1C. The van der Waals surface area contributed by atoms with Gasteiger partial charge in [0.05, 0.1) is 11.2 Å². The van der Waals surface area contributed by atoms with E-state index in [0.717, 1.165) is 45.4 Å². The Kier molecular flexibility index (Phi) is 4.56. The van der Waals surface area contributed by atoms with Gasteiger partial charge in [0.2, 0.25) is 5.91 Å². The minimum Gasteiger partial charge on any atom is -0.326 e. The van der Waals surface area contributed by atoms with E-state index in [1.807, 2.05) is 44.3 Å². The molecule has 0 atom stereocenters. The van der Waals surface area contributed by atoms with E-state index < -0.39 is 0 Å². The third kappa shape index (κ3) is 3.27. The first-order chi connectivity index (χ1) is 11.6. The number of fused-ring (bicyclic) bond motifs is 1. The van der Waals surface area contributed by atoms with Gasteiger partial charge in [-0.2, -0.15) is 0 Å². The van der Waals surface area contributed by atoms with Crippen molar-refractivity contribution in [2.75, 3.05) is 5.32 Å². The first-order valence-corrected chi connectivity index (χ1v) is 8.20. The lowest BCUT2D eigenvalue weighted by Gasteiger charge is -2.12. The Morgan fingerprint density at radius 2 is 2.00 bits per heavy atom. The van der Waals surface area contributed by atoms with Crippen LogP contribution in [0, 0.1) is 13.8 Å². The Balaban J connectivity index is 2.05. The number of carbonyl (C=O) groups excluding carboxylic acids is 1. The average molecular weight is 319 g/mol. The first kappa shape index (κ1) is 16.1. The molecule has 1 aromatic carbocycles. The number of aryl methyl sites for hydroxylation is 2. The Morgan fingerprint density at radius 1 is 1.17 bits per heavy atom.